The number of methoxy groups -OCH3 is 1. The van der Waals surface area contributed by atoms with Crippen LogP contribution in [0.15, 0.2) is 30.4 Å². The molecule has 0 unspecified atom stereocenters. The monoisotopic (exact) mass is 445 g/mol. The molecule has 178 valence electrons. The molecule has 2 amide bonds. The van der Waals surface area contributed by atoms with Gasteiger partial charge in [0, 0.05) is 32.1 Å². The van der Waals surface area contributed by atoms with Gasteiger partial charge in [0.15, 0.2) is 11.5 Å². The number of likely N-dealkylation sites (tertiary alicyclic amines) is 1. The normalized spacial score (nSPS) is 16.4. The third kappa shape index (κ3) is 8.54. The first-order valence-electron chi connectivity index (χ1n) is 11.7. The first-order chi connectivity index (χ1) is 15.4. The standard InChI is InChI=1S/C25H39N3O4/c1-19(2)10-6-4-5-7-12-24(29)27-18-20-13-14-22(23(16-20)31-3)32-25(30)28-15-9-8-11-21(28)17-26/h6,10,13-14,16,19,21H,4-5,7-9,11-12,15,17-18,26H2,1-3H3,(H,27,29)/b10-6+/t21-/m0/s1. The van der Waals surface area contributed by atoms with Crippen LogP contribution in [0.1, 0.15) is 64.4 Å². The maximum absolute atomic E-state index is 12.6. The Kier molecular flexibility index (Phi) is 11.1. The molecule has 1 fully saturated rings. The summed E-state index contributed by atoms with van der Waals surface area (Å²) in [5, 5.41) is 2.94. The fourth-order valence-corrected chi connectivity index (χ4v) is 3.75. The first kappa shape index (κ1) is 25.7. The zero-order valence-electron chi connectivity index (χ0n) is 19.8. The van der Waals surface area contributed by atoms with Crippen molar-refractivity contribution in [2.75, 3.05) is 20.2 Å². The number of nitrogens with two attached hydrogens (primary N) is 1. The Morgan fingerprint density at radius 1 is 1.25 bits per heavy atom. The van der Waals surface area contributed by atoms with Crippen molar-refractivity contribution < 1.29 is 19.1 Å². The SMILES string of the molecule is COc1cc(CNC(=O)CCCC/C=C/C(C)C)ccc1OC(=O)N1CCCC[C@H]1CN. The molecule has 1 aliphatic heterocycles. The summed E-state index contributed by atoms with van der Waals surface area (Å²) >= 11 is 0. The van der Waals surface area contributed by atoms with E-state index in [4.69, 9.17) is 15.2 Å². The van der Waals surface area contributed by atoms with Gasteiger partial charge >= 0.3 is 6.09 Å². The number of nitrogens with one attached hydrogen (secondary N) is 1. The van der Waals surface area contributed by atoms with Crippen molar-refractivity contribution >= 4 is 12.0 Å². The smallest absolute Gasteiger partial charge is 0.415 e. The third-order valence-corrected chi connectivity index (χ3v) is 5.59. The van der Waals surface area contributed by atoms with Gasteiger partial charge in [-0.25, -0.2) is 4.79 Å². The van der Waals surface area contributed by atoms with Gasteiger partial charge in [-0.15, -0.1) is 0 Å². The summed E-state index contributed by atoms with van der Waals surface area (Å²) in [6.45, 7) is 5.79. The lowest BCUT2D eigenvalue weighted by Crippen LogP contribution is -2.48. The maximum Gasteiger partial charge on any atom is 0.415 e. The molecule has 0 radical (unpaired) electrons. The van der Waals surface area contributed by atoms with Crippen LogP contribution in [0.3, 0.4) is 0 Å². The van der Waals surface area contributed by atoms with Gasteiger partial charge in [-0.1, -0.05) is 32.1 Å². The molecule has 1 aromatic carbocycles. The van der Waals surface area contributed by atoms with Gasteiger partial charge in [0.25, 0.3) is 0 Å². The molecule has 1 atom stereocenters. The highest BCUT2D eigenvalue weighted by Gasteiger charge is 2.27. The number of piperidine rings is 1. The molecular weight excluding hydrogens is 406 g/mol. The predicted octanol–water partition coefficient (Wildman–Crippen LogP) is 4.40. The molecule has 2 rings (SSSR count). The fraction of sp³-hybridized carbons (Fsp3) is 0.600. The molecule has 7 nitrogen and oxygen atoms in total. The highest BCUT2D eigenvalue weighted by molar-refractivity contribution is 5.76. The highest BCUT2D eigenvalue weighted by atomic mass is 16.6. The molecule has 1 aliphatic rings. The van der Waals surface area contributed by atoms with Gasteiger partial charge in [0.05, 0.1) is 7.11 Å². The van der Waals surface area contributed by atoms with Gasteiger partial charge in [0.1, 0.15) is 0 Å². The fourth-order valence-electron chi connectivity index (χ4n) is 3.75. The average molecular weight is 446 g/mol. The molecule has 0 aromatic heterocycles. The van der Waals surface area contributed by atoms with Crippen molar-refractivity contribution in [3.63, 3.8) is 0 Å². The first-order valence-corrected chi connectivity index (χ1v) is 11.7. The second kappa shape index (κ2) is 13.8. The number of hydrogen-bond acceptors (Lipinski definition) is 5. The molecule has 0 saturated carbocycles. The van der Waals surface area contributed by atoms with Crippen molar-refractivity contribution in [2.24, 2.45) is 11.7 Å². The largest absolute Gasteiger partial charge is 0.493 e. The number of rotatable bonds is 11. The van der Waals surface area contributed by atoms with Crippen LogP contribution in [0.2, 0.25) is 0 Å². The Bertz CT molecular complexity index is 764. The zero-order valence-corrected chi connectivity index (χ0v) is 19.8. The molecule has 1 aromatic rings. The lowest BCUT2D eigenvalue weighted by molar-refractivity contribution is -0.121. The molecule has 0 spiro atoms. The molecular formula is C25H39N3O4. The number of benzene rings is 1. The van der Waals surface area contributed by atoms with E-state index in [1.54, 1.807) is 17.0 Å². The van der Waals surface area contributed by atoms with Crippen LogP contribution < -0.4 is 20.5 Å². The summed E-state index contributed by atoms with van der Waals surface area (Å²) in [6.07, 6.45) is 10.3. The summed E-state index contributed by atoms with van der Waals surface area (Å²) in [5.74, 6) is 1.43. The minimum absolute atomic E-state index is 0.0166. The summed E-state index contributed by atoms with van der Waals surface area (Å²) in [5.41, 5.74) is 6.69. The molecule has 7 heteroatoms. The number of carbonyl (C=O) groups is 2. The molecule has 1 heterocycles. The lowest BCUT2D eigenvalue weighted by Gasteiger charge is -2.34. The minimum atomic E-state index is -0.400. The topological polar surface area (TPSA) is 93.9 Å². The van der Waals surface area contributed by atoms with E-state index in [0.29, 0.717) is 43.5 Å². The summed E-state index contributed by atoms with van der Waals surface area (Å²) in [7, 11) is 1.53. The number of allylic oxidation sites excluding steroid dienone is 2. The second-order valence-electron chi connectivity index (χ2n) is 8.63. The van der Waals surface area contributed by atoms with Crippen molar-refractivity contribution in [3.8, 4) is 11.5 Å². The number of unbranched alkanes of at least 4 members (excludes halogenated alkanes) is 2. The molecule has 32 heavy (non-hydrogen) atoms. The van der Waals surface area contributed by atoms with Crippen LogP contribution in [0.5, 0.6) is 11.5 Å². The van der Waals surface area contributed by atoms with Gasteiger partial charge in [-0.3, -0.25) is 4.79 Å². The van der Waals surface area contributed by atoms with Crippen molar-refractivity contribution in [3.05, 3.63) is 35.9 Å². The highest BCUT2D eigenvalue weighted by Crippen LogP contribution is 2.29. The number of amides is 2. The Balaban J connectivity index is 1.82. The van der Waals surface area contributed by atoms with Gasteiger partial charge in [-0.05, 0) is 62.1 Å². The van der Waals surface area contributed by atoms with Crippen LogP contribution in [0.4, 0.5) is 4.79 Å². The predicted molar refractivity (Wildman–Crippen MR) is 127 cm³/mol. The van der Waals surface area contributed by atoms with E-state index in [1.807, 2.05) is 6.07 Å². The zero-order chi connectivity index (χ0) is 23.3. The van der Waals surface area contributed by atoms with Crippen LogP contribution in [-0.4, -0.2) is 43.1 Å². The summed E-state index contributed by atoms with van der Waals surface area (Å²) in [6, 6.07) is 5.35. The maximum atomic E-state index is 12.6. The molecule has 1 saturated heterocycles. The van der Waals surface area contributed by atoms with Gasteiger partial charge in [0.2, 0.25) is 5.91 Å². The van der Waals surface area contributed by atoms with Crippen LogP contribution in [-0.2, 0) is 11.3 Å². The Morgan fingerprint density at radius 3 is 2.78 bits per heavy atom. The Hall–Kier alpha value is -2.54. The van der Waals surface area contributed by atoms with Crippen LogP contribution in [0, 0.1) is 5.92 Å². The number of ether oxygens (including phenoxy) is 2. The van der Waals surface area contributed by atoms with E-state index < -0.39 is 6.09 Å². The van der Waals surface area contributed by atoms with E-state index in [2.05, 4.69) is 31.3 Å². The number of carbonyl (C=O) groups excluding carboxylic acids is 2. The van der Waals surface area contributed by atoms with E-state index >= 15 is 0 Å². The summed E-state index contributed by atoms with van der Waals surface area (Å²) < 4.78 is 11.0. The quantitative estimate of drug-likeness (QED) is 0.389. The van der Waals surface area contributed by atoms with Gasteiger partial charge in [-0.2, -0.15) is 0 Å². The molecule has 0 aliphatic carbocycles. The third-order valence-electron chi connectivity index (χ3n) is 5.59. The molecule has 0 bridgehead atoms. The average Bonchev–Trinajstić information content (AvgIpc) is 2.80. The van der Waals surface area contributed by atoms with Crippen LogP contribution >= 0.6 is 0 Å². The van der Waals surface area contributed by atoms with Crippen molar-refractivity contribution in [1.82, 2.24) is 10.2 Å². The van der Waals surface area contributed by atoms with E-state index in [0.717, 1.165) is 44.1 Å². The lowest BCUT2D eigenvalue weighted by atomic mass is 10.0. The van der Waals surface area contributed by atoms with E-state index in [9.17, 15) is 9.59 Å². The summed E-state index contributed by atoms with van der Waals surface area (Å²) in [4.78, 5) is 26.5. The molecule has 3 N–H and O–H groups in total. The van der Waals surface area contributed by atoms with E-state index in [-0.39, 0.29) is 11.9 Å². The minimum Gasteiger partial charge on any atom is -0.493 e. The van der Waals surface area contributed by atoms with Crippen molar-refractivity contribution in [2.45, 2.75) is 71.4 Å². The van der Waals surface area contributed by atoms with Crippen molar-refractivity contribution in [1.29, 1.82) is 0 Å². The Morgan fingerprint density at radius 2 is 2.06 bits per heavy atom. The second-order valence-corrected chi connectivity index (χ2v) is 8.63. The number of nitrogens with zero attached hydrogens (tertiary/aromatic N) is 1. The van der Waals surface area contributed by atoms with Crippen LogP contribution in [0.25, 0.3) is 0 Å². The number of hydrogen-bond donors (Lipinski definition) is 2. The van der Waals surface area contributed by atoms with Gasteiger partial charge < -0.3 is 25.4 Å². The Labute approximate surface area is 192 Å². The van der Waals surface area contributed by atoms with E-state index in [1.165, 1.54) is 7.11 Å².